The Hall–Kier alpha value is -1.13. The van der Waals surface area contributed by atoms with Gasteiger partial charge < -0.3 is 4.74 Å². The molecule has 1 atom stereocenters. The van der Waals surface area contributed by atoms with Crippen molar-refractivity contribution in [3.63, 3.8) is 0 Å². The molecule has 4 nitrogen and oxygen atoms in total. The van der Waals surface area contributed by atoms with E-state index in [-0.39, 0.29) is 0 Å². The quantitative estimate of drug-likeness (QED) is 0.242. The Balaban J connectivity index is 4.36. The predicted molar refractivity (Wildman–Crippen MR) is 52.7 cm³/mol. The van der Waals surface area contributed by atoms with E-state index in [4.69, 9.17) is 9.99 Å². The van der Waals surface area contributed by atoms with E-state index in [1.54, 1.807) is 20.8 Å². The molecule has 1 unspecified atom stereocenters. The van der Waals surface area contributed by atoms with Gasteiger partial charge in [0.15, 0.2) is 0 Å². The average Bonchev–Trinajstić information content (AvgIpc) is 2.16. The summed E-state index contributed by atoms with van der Waals surface area (Å²) in [6.45, 7) is 8.95. The Morgan fingerprint density at radius 3 is 2.64 bits per heavy atom. The maximum Gasteiger partial charge on any atom is 0.333 e. The second-order valence-corrected chi connectivity index (χ2v) is 2.87. The van der Waals surface area contributed by atoms with Gasteiger partial charge in [0.1, 0.15) is 6.10 Å². The fourth-order valence-corrected chi connectivity index (χ4v) is 0.767. The average molecular weight is 200 g/mol. The number of rotatable bonds is 5. The van der Waals surface area contributed by atoms with Gasteiger partial charge >= 0.3 is 5.97 Å². The molecule has 0 spiro atoms. The standard InChI is InChI=1S/C10H16O4/c1-5-13-10(11)8(3)6-7(2)9(4)14-12/h6,9,12H,2,5H2,1,3-4H3/b8-6+. The van der Waals surface area contributed by atoms with Crippen LogP contribution in [0.3, 0.4) is 0 Å². The number of carbonyl (C=O) groups is 1. The van der Waals surface area contributed by atoms with Crippen LogP contribution in [0.5, 0.6) is 0 Å². The molecule has 0 fully saturated rings. The van der Waals surface area contributed by atoms with Crippen molar-refractivity contribution in [3.05, 3.63) is 23.8 Å². The first-order valence-electron chi connectivity index (χ1n) is 4.37. The Labute approximate surface area is 83.8 Å². The highest BCUT2D eigenvalue weighted by Crippen LogP contribution is 2.08. The third-order valence-corrected chi connectivity index (χ3v) is 1.68. The maximum atomic E-state index is 11.2. The molecule has 14 heavy (non-hydrogen) atoms. The first-order valence-corrected chi connectivity index (χ1v) is 4.37. The third-order valence-electron chi connectivity index (χ3n) is 1.68. The number of carbonyl (C=O) groups excluding carboxylic acids is 1. The van der Waals surface area contributed by atoms with Gasteiger partial charge in [-0.1, -0.05) is 6.58 Å². The van der Waals surface area contributed by atoms with Crippen LogP contribution in [0.2, 0.25) is 0 Å². The fourth-order valence-electron chi connectivity index (χ4n) is 0.767. The molecule has 1 N–H and O–H groups in total. The molecule has 0 aromatic carbocycles. The Morgan fingerprint density at radius 2 is 2.21 bits per heavy atom. The molecule has 0 radical (unpaired) electrons. The van der Waals surface area contributed by atoms with Gasteiger partial charge in [0.05, 0.1) is 6.61 Å². The summed E-state index contributed by atoms with van der Waals surface area (Å²) in [4.78, 5) is 15.2. The molecule has 0 heterocycles. The van der Waals surface area contributed by atoms with E-state index in [2.05, 4.69) is 11.5 Å². The summed E-state index contributed by atoms with van der Waals surface area (Å²) in [5.41, 5.74) is 0.943. The van der Waals surface area contributed by atoms with Crippen LogP contribution in [-0.4, -0.2) is 23.9 Å². The van der Waals surface area contributed by atoms with Crippen LogP contribution in [0.25, 0.3) is 0 Å². The Morgan fingerprint density at radius 1 is 1.64 bits per heavy atom. The van der Waals surface area contributed by atoms with E-state index in [1.165, 1.54) is 6.08 Å². The van der Waals surface area contributed by atoms with E-state index < -0.39 is 12.1 Å². The van der Waals surface area contributed by atoms with Gasteiger partial charge in [-0.15, -0.1) is 0 Å². The summed E-state index contributed by atoms with van der Waals surface area (Å²) < 4.78 is 4.77. The minimum Gasteiger partial charge on any atom is -0.463 e. The highest BCUT2D eigenvalue weighted by molar-refractivity contribution is 5.88. The molecule has 0 rings (SSSR count). The van der Waals surface area contributed by atoms with Gasteiger partial charge in [-0.3, -0.25) is 5.26 Å². The molecular formula is C10H16O4. The summed E-state index contributed by atoms with van der Waals surface area (Å²) in [5.74, 6) is -0.390. The van der Waals surface area contributed by atoms with Gasteiger partial charge in [-0.2, -0.15) is 0 Å². The van der Waals surface area contributed by atoms with Crippen LogP contribution in [0.1, 0.15) is 20.8 Å². The molecule has 0 saturated heterocycles. The molecule has 0 bridgehead atoms. The SMILES string of the molecule is C=C(/C=C(\C)C(=O)OCC)C(C)OO. The molecule has 0 aliphatic rings. The lowest BCUT2D eigenvalue weighted by Gasteiger charge is -2.08. The van der Waals surface area contributed by atoms with Crippen molar-refractivity contribution < 1.29 is 19.7 Å². The first-order chi connectivity index (χ1) is 6.52. The van der Waals surface area contributed by atoms with E-state index >= 15 is 0 Å². The normalized spacial score (nSPS) is 13.6. The van der Waals surface area contributed by atoms with Crippen molar-refractivity contribution in [2.24, 2.45) is 0 Å². The molecular weight excluding hydrogens is 184 g/mol. The smallest absolute Gasteiger partial charge is 0.333 e. The summed E-state index contributed by atoms with van der Waals surface area (Å²) in [6, 6.07) is 0. The van der Waals surface area contributed by atoms with Crippen molar-refractivity contribution in [2.45, 2.75) is 26.9 Å². The van der Waals surface area contributed by atoms with E-state index in [0.29, 0.717) is 17.8 Å². The molecule has 80 valence electrons. The second kappa shape index (κ2) is 6.34. The van der Waals surface area contributed by atoms with E-state index in [1.807, 2.05) is 0 Å². The molecule has 4 heteroatoms. The summed E-state index contributed by atoms with van der Waals surface area (Å²) in [6.07, 6.45) is 0.998. The summed E-state index contributed by atoms with van der Waals surface area (Å²) >= 11 is 0. The van der Waals surface area contributed by atoms with Gasteiger partial charge in [-0.05, 0) is 32.4 Å². The molecule has 0 aliphatic heterocycles. The largest absolute Gasteiger partial charge is 0.463 e. The minimum atomic E-state index is -0.528. The highest BCUT2D eigenvalue weighted by Gasteiger charge is 2.08. The van der Waals surface area contributed by atoms with Gasteiger partial charge in [0.2, 0.25) is 0 Å². The zero-order chi connectivity index (χ0) is 11.1. The fraction of sp³-hybridized carbons (Fsp3) is 0.500. The molecule has 0 aromatic heterocycles. The first kappa shape index (κ1) is 12.9. The zero-order valence-electron chi connectivity index (χ0n) is 8.74. The lowest BCUT2D eigenvalue weighted by atomic mass is 10.1. The van der Waals surface area contributed by atoms with Crippen molar-refractivity contribution >= 4 is 5.97 Å². The maximum absolute atomic E-state index is 11.2. The highest BCUT2D eigenvalue weighted by atomic mass is 17.1. The summed E-state index contributed by atoms with van der Waals surface area (Å²) in [7, 11) is 0. The van der Waals surface area contributed by atoms with Gasteiger partial charge in [-0.25, -0.2) is 9.68 Å². The van der Waals surface area contributed by atoms with Crippen LogP contribution in [0.4, 0.5) is 0 Å². The Kier molecular flexibility index (Phi) is 5.83. The van der Waals surface area contributed by atoms with Crippen LogP contribution < -0.4 is 0 Å². The van der Waals surface area contributed by atoms with Gasteiger partial charge in [0, 0.05) is 5.57 Å². The lowest BCUT2D eigenvalue weighted by Crippen LogP contribution is -2.10. The van der Waals surface area contributed by atoms with Gasteiger partial charge in [0.25, 0.3) is 0 Å². The minimum absolute atomic E-state index is 0.336. The van der Waals surface area contributed by atoms with Crippen LogP contribution in [0.15, 0.2) is 23.8 Å². The second-order valence-electron chi connectivity index (χ2n) is 2.87. The van der Waals surface area contributed by atoms with E-state index in [9.17, 15) is 4.79 Å². The van der Waals surface area contributed by atoms with Crippen LogP contribution in [-0.2, 0) is 14.4 Å². The van der Waals surface area contributed by atoms with E-state index in [0.717, 1.165) is 0 Å². The Bertz CT molecular complexity index is 243. The number of hydrogen-bond acceptors (Lipinski definition) is 4. The number of hydrogen-bond donors (Lipinski definition) is 1. The van der Waals surface area contributed by atoms with Crippen molar-refractivity contribution in [2.75, 3.05) is 6.61 Å². The molecule has 0 saturated carbocycles. The molecule has 0 amide bonds. The number of ether oxygens (including phenoxy) is 1. The van der Waals surface area contributed by atoms with Crippen molar-refractivity contribution in [3.8, 4) is 0 Å². The predicted octanol–water partition coefficient (Wildman–Crippen LogP) is 1.93. The third kappa shape index (κ3) is 4.20. The zero-order valence-corrected chi connectivity index (χ0v) is 8.74. The monoisotopic (exact) mass is 200 g/mol. The van der Waals surface area contributed by atoms with Crippen molar-refractivity contribution in [1.29, 1.82) is 0 Å². The molecule has 0 aliphatic carbocycles. The van der Waals surface area contributed by atoms with Crippen molar-refractivity contribution in [1.82, 2.24) is 0 Å². The number of esters is 1. The van der Waals surface area contributed by atoms with Crippen LogP contribution in [0, 0.1) is 0 Å². The topological polar surface area (TPSA) is 55.8 Å². The van der Waals surface area contributed by atoms with Crippen LogP contribution >= 0.6 is 0 Å². The lowest BCUT2D eigenvalue weighted by molar-refractivity contribution is -0.263. The molecule has 0 aromatic rings. The summed E-state index contributed by atoms with van der Waals surface area (Å²) in [5, 5.41) is 8.35.